The number of likely N-dealkylation sites (tertiary alicyclic amines) is 1. The minimum atomic E-state index is 0. The average Bonchev–Trinajstić information content (AvgIpc) is 3.06. The first-order chi connectivity index (χ1) is 12.7. The van der Waals surface area contributed by atoms with Gasteiger partial charge in [0.2, 0.25) is 5.91 Å². The van der Waals surface area contributed by atoms with Gasteiger partial charge in [-0.3, -0.25) is 9.79 Å². The first kappa shape index (κ1) is 21.9. The van der Waals surface area contributed by atoms with E-state index in [1.165, 1.54) is 19.4 Å². The van der Waals surface area contributed by atoms with Gasteiger partial charge in [0.25, 0.3) is 0 Å². The second kappa shape index (κ2) is 10.8. The summed E-state index contributed by atoms with van der Waals surface area (Å²) in [6, 6.07) is 9.95. The number of rotatable bonds is 5. The Kier molecular flexibility index (Phi) is 8.82. The smallest absolute Gasteiger partial charge is 0.229 e. The Balaban J connectivity index is 0.00000261. The van der Waals surface area contributed by atoms with Gasteiger partial charge >= 0.3 is 0 Å². The van der Waals surface area contributed by atoms with Gasteiger partial charge in [-0.2, -0.15) is 0 Å². The summed E-state index contributed by atoms with van der Waals surface area (Å²) in [4.78, 5) is 21.1. The number of guanidine groups is 1. The van der Waals surface area contributed by atoms with Crippen molar-refractivity contribution >= 4 is 41.5 Å². The molecule has 2 aliphatic heterocycles. The number of hydrogen-bond acceptors (Lipinski definition) is 3. The number of anilines is 1. The molecule has 0 bridgehead atoms. The Labute approximate surface area is 179 Å². The Hall–Kier alpha value is -1.35. The van der Waals surface area contributed by atoms with Crippen LogP contribution < -0.4 is 15.5 Å². The third-order valence-corrected chi connectivity index (χ3v) is 5.37. The SMILES string of the molecule is CCN1CCCC(CNC(=NC)NC2CC(=O)N(c3ccccc3)C2)C1.I. The zero-order valence-corrected chi connectivity index (χ0v) is 18.7. The van der Waals surface area contributed by atoms with E-state index >= 15 is 0 Å². The standard InChI is InChI=1S/C20H31N5O.HI/c1-3-24-11-7-8-16(14-24)13-22-20(21-2)23-17-12-19(26)25(15-17)18-9-5-4-6-10-18;/h4-6,9-10,16-17H,3,7-8,11-15H2,1-2H3,(H2,21,22,23);1H. The number of halogens is 1. The molecule has 1 aromatic rings. The van der Waals surface area contributed by atoms with Crippen LogP contribution in [0.4, 0.5) is 5.69 Å². The fourth-order valence-electron chi connectivity index (χ4n) is 3.90. The summed E-state index contributed by atoms with van der Waals surface area (Å²) < 4.78 is 0. The molecule has 2 aliphatic rings. The summed E-state index contributed by atoms with van der Waals surface area (Å²) in [7, 11) is 1.79. The Morgan fingerprint density at radius 2 is 2.04 bits per heavy atom. The van der Waals surface area contributed by atoms with Gasteiger partial charge in [0.1, 0.15) is 0 Å². The van der Waals surface area contributed by atoms with Crippen molar-refractivity contribution in [1.29, 1.82) is 0 Å². The van der Waals surface area contributed by atoms with Crippen LogP contribution >= 0.6 is 24.0 Å². The molecule has 27 heavy (non-hydrogen) atoms. The molecule has 2 heterocycles. The number of hydrogen-bond donors (Lipinski definition) is 2. The number of nitrogens with one attached hydrogen (secondary N) is 2. The van der Waals surface area contributed by atoms with E-state index in [1.807, 2.05) is 35.2 Å². The second-order valence-corrected chi connectivity index (χ2v) is 7.24. The Morgan fingerprint density at radius 3 is 2.74 bits per heavy atom. The van der Waals surface area contributed by atoms with Crippen LogP contribution in [0.15, 0.2) is 35.3 Å². The number of para-hydroxylation sites is 1. The maximum absolute atomic E-state index is 12.3. The molecule has 2 fully saturated rings. The molecule has 2 N–H and O–H groups in total. The third-order valence-electron chi connectivity index (χ3n) is 5.37. The van der Waals surface area contributed by atoms with Crippen LogP contribution in [0.3, 0.4) is 0 Å². The molecule has 6 nitrogen and oxygen atoms in total. The lowest BCUT2D eigenvalue weighted by Gasteiger charge is -2.32. The molecule has 0 aliphatic carbocycles. The van der Waals surface area contributed by atoms with Crippen LogP contribution in [0.2, 0.25) is 0 Å². The Morgan fingerprint density at radius 1 is 1.26 bits per heavy atom. The summed E-state index contributed by atoms with van der Waals surface area (Å²) in [5.74, 6) is 1.62. The van der Waals surface area contributed by atoms with Crippen molar-refractivity contribution in [3.8, 4) is 0 Å². The topological polar surface area (TPSA) is 60.0 Å². The number of carbonyl (C=O) groups is 1. The van der Waals surface area contributed by atoms with Crippen LogP contribution in [0.25, 0.3) is 0 Å². The van der Waals surface area contributed by atoms with Gasteiger partial charge in [0.05, 0.1) is 6.04 Å². The van der Waals surface area contributed by atoms with Crippen LogP contribution in [0, 0.1) is 5.92 Å². The molecule has 2 unspecified atom stereocenters. The second-order valence-electron chi connectivity index (χ2n) is 7.24. The fourth-order valence-corrected chi connectivity index (χ4v) is 3.90. The molecule has 0 aromatic heterocycles. The minimum Gasteiger partial charge on any atom is -0.356 e. The lowest BCUT2D eigenvalue weighted by Crippen LogP contribution is -2.47. The van der Waals surface area contributed by atoms with Gasteiger partial charge in [-0.1, -0.05) is 25.1 Å². The third kappa shape index (κ3) is 6.07. The predicted octanol–water partition coefficient (Wildman–Crippen LogP) is 2.31. The average molecular weight is 485 g/mol. The van der Waals surface area contributed by atoms with Crippen LogP contribution in [0.5, 0.6) is 0 Å². The molecular weight excluding hydrogens is 453 g/mol. The number of nitrogens with zero attached hydrogens (tertiary/aromatic N) is 3. The molecule has 0 saturated carbocycles. The van der Waals surface area contributed by atoms with Crippen molar-refractivity contribution in [2.24, 2.45) is 10.9 Å². The normalized spacial score (nSPS) is 23.9. The maximum Gasteiger partial charge on any atom is 0.229 e. The molecular formula is C20H32IN5O. The van der Waals surface area contributed by atoms with E-state index in [0.717, 1.165) is 31.3 Å². The first-order valence-corrected chi connectivity index (χ1v) is 9.74. The van der Waals surface area contributed by atoms with E-state index in [4.69, 9.17) is 0 Å². The number of carbonyl (C=O) groups excluding carboxylic acids is 1. The zero-order valence-electron chi connectivity index (χ0n) is 16.4. The molecule has 1 amide bonds. The Bertz CT molecular complexity index is 624. The van der Waals surface area contributed by atoms with E-state index in [-0.39, 0.29) is 35.9 Å². The van der Waals surface area contributed by atoms with E-state index < -0.39 is 0 Å². The van der Waals surface area contributed by atoms with Crippen molar-refractivity contribution in [3.05, 3.63) is 30.3 Å². The molecule has 2 saturated heterocycles. The van der Waals surface area contributed by atoms with Crippen LogP contribution in [-0.2, 0) is 4.79 Å². The largest absolute Gasteiger partial charge is 0.356 e. The van der Waals surface area contributed by atoms with Gasteiger partial charge in [-0.05, 0) is 44.0 Å². The summed E-state index contributed by atoms with van der Waals surface area (Å²) >= 11 is 0. The monoisotopic (exact) mass is 485 g/mol. The highest BCUT2D eigenvalue weighted by atomic mass is 127. The number of aliphatic imine (C=N–C) groups is 1. The fraction of sp³-hybridized carbons (Fsp3) is 0.600. The van der Waals surface area contributed by atoms with Crippen molar-refractivity contribution in [2.45, 2.75) is 32.2 Å². The van der Waals surface area contributed by atoms with Crippen LogP contribution in [-0.4, -0.2) is 62.6 Å². The minimum absolute atomic E-state index is 0. The number of amides is 1. The molecule has 1 aromatic carbocycles. The van der Waals surface area contributed by atoms with Gasteiger partial charge in [-0.25, -0.2) is 0 Å². The molecule has 150 valence electrons. The van der Waals surface area contributed by atoms with Gasteiger partial charge in [0.15, 0.2) is 5.96 Å². The van der Waals surface area contributed by atoms with Crippen LogP contribution in [0.1, 0.15) is 26.2 Å². The van der Waals surface area contributed by atoms with E-state index in [0.29, 0.717) is 18.9 Å². The van der Waals surface area contributed by atoms with Crippen molar-refractivity contribution < 1.29 is 4.79 Å². The molecule has 0 spiro atoms. The summed E-state index contributed by atoms with van der Waals surface area (Å²) in [6.07, 6.45) is 3.04. The highest BCUT2D eigenvalue weighted by Gasteiger charge is 2.31. The van der Waals surface area contributed by atoms with Crippen molar-refractivity contribution in [3.63, 3.8) is 0 Å². The van der Waals surface area contributed by atoms with Crippen molar-refractivity contribution in [2.75, 3.05) is 44.7 Å². The lowest BCUT2D eigenvalue weighted by atomic mass is 9.98. The zero-order chi connectivity index (χ0) is 18.4. The van der Waals surface area contributed by atoms with E-state index in [1.54, 1.807) is 7.05 Å². The lowest BCUT2D eigenvalue weighted by molar-refractivity contribution is -0.117. The quantitative estimate of drug-likeness (QED) is 0.382. The highest BCUT2D eigenvalue weighted by molar-refractivity contribution is 14.0. The summed E-state index contributed by atoms with van der Waals surface area (Å²) in [5.41, 5.74) is 0.964. The van der Waals surface area contributed by atoms with E-state index in [9.17, 15) is 4.79 Å². The molecule has 3 rings (SSSR count). The summed E-state index contributed by atoms with van der Waals surface area (Å²) in [5, 5.41) is 6.89. The van der Waals surface area contributed by atoms with Gasteiger partial charge < -0.3 is 20.4 Å². The summed E-state index contributed by atoms with van der Waals surface area (Å²) in [6.45, 7) is 7.34. The number of piperidine rings is 1. The maximum atomic E-state index is 12.3. The molecule has 7 heteroatoms. The van der Waals surface area contributed by atoms with Gasteiger partial charge in [0, 0.05) is 38.8 Å². The molecule has 2 atom stereocenters. The van der Waals surface area contributed by atoms with Crippen molar-refractivity contribution in [1.82, 2.24) is 15.5 Å². The molecule has 0 radical (unpaired) electrons. The predicted molar refractivity (Wildman–Crippen MR) is 122 cm³/mol. The van der Waals surface area contributed by atoms with E-state index in [2.05, 4.69) is 27.4 Å². The first-order valence-electron chi connectivity index (χ1n) is 9.74. The highest BCUT2D eigenvalue weighted by Crippen LogP contribution is 2.21. The number of benzene rings is 1. The van der Waals surface area contributed by atoms with Gasteiger partial charge in [-0.15, -0.1) is 24.0 Å².